The molecule has 2 heteroatoms. The first-order chi connectivity index (χ1) is 12.9. The molecule has 27 heavy (non-hydrogen) atoms. The number of carbonyl (C=O) groups excluding carboxylic acids is 1. The molecule has 1 aliphatic heterocycles. The third kappa shape index (κ3) is 12.7. The molecule has 1 rings (SSSR count). The van der Waals surface area contributed by atoms with E-state index in [4.69, 9.17) is 4.74 Å². The normalized spacial score (nSPS) is 23.3. The van der Waals surface area contributed by atoms with Gasteiger partial charge in [0.25, 0.3) is 0 Å². The Kier molecular flexibility index (Phi) is 15.3. The molecule has 1 saturated heterocycles. The molecule has 4 unspecified atom stereocenters. The van der Waals surface area contributed by atoms with Crippen molar-refractivity contribution in [2.45, 2.75) is 144 Å². The van der Waals surface area contributed by atoms with E-state index in [1.165, 1.54) is 51.4 Å². The van der Waals surface area contributed by atoms with Crippen LogP contribution in [0.25, 0.3) is 0 Å². The highest BCUT2D eigenvalue weighted by Crippen LogP contribution is 2.42. The molecule has 0 aromatic carbocycles. The van der Waals surface area contributed by atoms with E-state index >= 15 is 0 Å². The lowest BCUT2D eigenvalue weighted by Crippen LogP contribution is -2.19. The SMILES string of the molecule is CC.CCCCCCCCCCCC(=O)CCC(C)C(C)CC1(C)OC1C. The van der Waals surface area contributed by atoms with E-state index in [0.29, 0.717) is 23.7 Å². The van der Waals surface area contributed by atoms with E-state index in [0.717, 1.165) is 32.1 Å². The van der Waals surface area contributed by atoms with Gasteiger partial charge in [0.05, 0.1) is 11.7 Å². The quantitative estimate of drug-likeness (QED) is 0.199. The number of carbonyl (C=O) groups is 1. The van der Waals surface area contributed by atoms with Crippen LogP contribution in [0.4, 0.5) is 0 Å². The molecule has 1 aliphatic rings. The van der Waals surface area contributed by atoms with Gasteiger partial charge in [0, 0.05) is 12.8 Å². The Balaban J connectivity index is 0.00000326. The van der Waals surface area contributed by atoms with Crippen molar-refractivity contribution >= 4 is 5.78 Å². The molecule has 0 spiro atoms. The van der Waals surface area contributed by atoms with Gasteiger partial charge in [0.1, 0.15) is 5.78 Å². The lowest BCUT2D eigenvalue weighted by Gasteiger charge is -2.21. The molecule has 2 nitrogen and oxygen atoms in total. The Morgan fingerprint density at radius 3 is 1.85 bits per heavy atom. The van der Waals surface area contributed by atoms with Crippen molar-refractivity contribution in [1.82, 2.24) is 0 Å². The second kappa shape index (κ2) is 15.5. The minimum Gasteiger partial charge on any atom is -0.367 e. The van der Waals surface area contributed by atoms with Crippen LogP contribution >= 0.6 is 0 Å². The average molecular weight is 383 g/mol. The Morgan fingerprint density at radius 2 is 1.37 bits per heavy atom. The number of epoxide rings is 1. The predicted octanol–water partition coefficient (Wildman–Crippen LogP) is 8.12. The summed E-state index contributed by atoms with van der Waals surface area (Å²) < 4.78 is 5.70. The number of hydrogen-bond donors (Lipinski definition) is 0. The Labute approximate surface area is 171 Å². The zero-order chi connectivity index (χ0) is 20.7. The van der Waals surface area contributed by atoms with Gasteiger partial charge in [-0.05, 0) is 44.9 Å². The maximum atomic E-state index is 12.1. The first kappa shape index (κ1) is 26.6. The number of hydrogen-bond acceptors (Lipinski definition) is 2. The van der Waals surface area contributed by atoms with Gasteiger partial charge in [0.2, 0.25) is 0 Å². The maximum Gasteiger partial charge on any atom is 0.132 e. The predicted molar refractivity (Wildman–Crippen MR) is 119 cm³/mol. The maximum absolute atomic E-state index is 12.1. The van der Waals surface area contributed by atoms with Crippen molar-refractivity contribution in [2.24, 2.45) is 11.8 Å². The number of ether oxygens (including phenoxy) is 1. The van der Waals surface area contributed by atoms with Crippen molar-refractivity contribution in [3.05, 3.63) is 0 Å². The van der Waals surface area contributed by atoms with E-state index in [1.54, 1.807) is 0 Å². The third-order valence-electron chi connectivity index (χ3n) is 6.39. The van der Waals surface area contributed by atoms with Crippen molar-refractivity contribution in [3.8, 4) is 0 Å². The first-order valence-corrected chi connectivity index (χ1v) is 12.1. The van der Waals surface area contributed by atoms with Gasteiger partial charge in [-0.15, -0.1) is 0 Å². The molecule has 0 amide bonds. The largest absolute Gasteiger partial charge is 0.367 e. The number of rotatable bonds is 16. The molecule has 1 heterocycles. The van der Waals surface area contributed by atoms with Crippen molar-refractivity contribution in [2.75, 3.05) is 0 Å². The molecular formula is C25H50O2. The van der Waals surface area contributed by atoms with Crippen LogP contribution in [0.3, 0.4) is 0 Å². The molecule has 0 aromatic rings. The molecule has 0 saturated carbocycles. The molecule has 1 fully saturated rings. The van der Waals surface area contributed by atoms with Gasteiger partial charge in [0.15, 0.2) is 0 Å². The zero-order valence-corrected chi connectivity index (χ0v) is 19.7. The lowest BCUT2D eigenvalue weighted by atomic mass is 9.83. The first-order valence-electron chi connectivity index (χ1n) is 12.1. The van der Waals surface area contributed by atoms with Crippen molar-refractivity contribution in [1.29, 1.82) is 0 Å². The lowest BCUT2D eigenvalue weighted by molar-refractivity contribution is -0.119. The number of ketones is 1. The van der Waals surface area contributed by atoms with Crippen LogP contribution in [0.5, 0.6) is 0 Å². The van der Waals surface area contributed by atoms with Crippen LogP contribution in [0, 0.1) is 11.8 Å². The van der Waals surface area contributed by atoms with Crippen molar-refractivity contribution < 1.29 is 9.53 Å². The summed E-state index contributed by atoms with van der Waals surface area (Å²) in [6.07, 6.45) is 16.0. The number of unbranched alkanes of at least 4 members (excludes halogenated alkanes) is 8. The summed E-state index contributed by atoms with van der Waals surface area (Å²) in [5.41, 5.74) is 0.105. The summed E-state index contributed by atoms with van der Waals surface area (Å²) in [4.78, 5) is 12.1. The van der Waals surface area contributed by atoms with Gasteiger partial charge < -0.3 is 4.74 Å². The van der Waals surface area contributed by atoms with Gasteiger partial charge in [-0.1, -0.05) is 86.0 Å². The summed E-state index contributed by atoms with van der Waals surface area (Å²) >= 11 is 0. The molecular weight excluding hydrogens is 332 g/mol. The summed E-state index contributed by atoms with van der Waals surface area (Å²) in [6, 6.07) is 0. The minimum absolute atomic E-state index is 0.105. The fourth-order valence-electron chi connectivity index (χ4n) is 3.86. The smallest absolute Gasteiger partial charge is 0.132 e. The minimum atomic E-state index is 0.105. The topological polar surface area (TPSA) is 29.6 Å². The number of Topliss-reactive ketones (excluding diaryl/α,β-unsaturated/α-hetero) is 1. The Hall–Kier alpha value is -0.370. The summed E-state index contributed by atoms with van der Waals surface area (Å²) in [5, 5.41) is 0. The summed E-state index contributed by atoms with van der Waals surface area (Å²) in [5.74, 6) is 1.72. The highest BCUT2D eigenvalue weighted by molar-refractivity contribution is 5.78. The van der Waals surface area contributed by atoms with Crippen LogP contribution in [-0.4, -0.2) is 17.5 Å². The van der Waals surface area contributed by atoms with E-state index in [9.17, 15) is 4.79 Å². The summed E-state index contributed by atoms with van der Waals surface area (Å²) in [6.45, 7) is 15.3. The molecule has 0 aliphatic carbocycles. The molecule has 0 bridgehead atoms. The molecule has 0 N–H and O–H groups in total. The van der Waals surface area contributed by atoms with Gasteiger partial charge in [-0.25, -0.2) is 0 Å². The van der Waals surface area contributed by atoms with E-state index in [-0.39, 0.29) is 5.60 Å². The second-order valence-electron chi connectivity index (χ2n) is 8.89. The molecule has 162 valence electrons. The zero-order valence-electron chi connectivity index (χ0n) is 19.7. The van der Waals surface area contributed by atoms with Gasteiger partial charge >= 0.3 is 0 Å². The van der Waals surface area contributed by atoms with Crippen LogP contribution in [0.15, 0.2) is 0 Å². The Morgan fingerprint density at radius 1 is 0.889 bits per heavy atom. The second-order valence-corrected chi connectivity index (χ2v) is 8.89. The summed E-state index contributed by atoms with van der Waals surface area (Å²) in [7, 11) is 0. The molecule has 4 atom stereocenters. The standard InChI is InChI=1S/C23H44O2.C2H6/c1-6-7-8-9-10-11-12-13-14-15-22(24)17-16-19(2)20(3)18-23(5)21(4)25-23;1-2/h19-21H,6-18H2,1-5H3;1-2H3. The van der Waals surface area contributed by atoms with E-state index in [2.05, 4.69) is 34.6 Å². The average Bonchev–Trinajstić information content (AvgIpc) is 3.25. The highest BCUT2D eigenvalue weighted by Gasteiger charge is 2.49. The van der Waals surface area contributed by atoms with E-state index in [1.807, 2.05) is 13.8 Å². The van der Waals surface area contributed by atoms with E-state index < -0.39 is 0 Å². The van der Waals surface area contributed by atoms with Crippen LogP contribution < -0.4 is 0 Å². The Bertz CT molecular complexity index is 365. The fraction of sp³-hybridized carbons (Fsp3) is 0.960. The van der Waals surface area contributed by atoms with Gasteiger partial charge in [-0.2, -0.15) is 0 Å². The highest BCUT2D eigenvalue weighted by atomic mass is 16.6. The van der Waals surface area contributed by atoms with Crippen LogP contribution in [-0.2, 0) is 9.53 Å². The molecule has 0 radical (unpaired) electrons. The molecule has 0 aromatic heterocycles. The van der Waals surface area contributed by atoms with Crippen molar-refractivity contribution in [3.63, 3.8) is 0 Å². The monoisotopic (exact) mass is 382 g/mol. The third-order valence-corrected chi connectivity index (χ3v) is 6.39. The van der Waals surface area contributed by atoms with Crippen LogP contribution in [0.1, 0.15) is 132 Å². The van der Waals surface area contributed by atoms with Crippen LogP contribution in [0.2, 0.25) is 0 Å². The van der Waals surface area contributed by atoms with Gasteiger partial charge in [-0.3, -0.25) is 4.79 Å². The fourth-order valence-corrected chi connectivity index (χ4v) is 3.86.